The van der Waals surface area contributed by atoms with E-state index in [-0.39, 0.29) is 0 Å². The summed E-state index contributed by atoms with van der Waals surface area (Å²) in [6, 6.07) is 0. The number of rotatable bonds is 2. The fourth-order valence-electron chi connectivity index (χ4n) is 1.36. The van der Waals surface area contributed by atoms with Crippen molar-refractivity contribution in [2.24, 2.45) is 0 Å². The SMILES string of the molecule is CCC(Br)N1CCN(C)CC1. The van der Waals surface area contributed by atoms with Crippen LogP contribution in [-0.4, -0.2) is 48.0 Å². The van der Waals surface area contributed by atoms with Crippen molar-refractivity contribution in [1.29, 1.82) is 0 Å². The lowest BCUT2D eigenvalue weighted by molar-refractivity contribution is 0.145. The number of piperazine rings is 1. The Balaban J connectivity index is 2.27. The van der Waals surface area contributed by atoms with E-state index in [0.29, 0.717) is 4.95 Å². The highest BCUT2D eigenvalue weighted by Crippen LogP contribution is 2.13. The molecule has 0 aliphatic carbocycles. The van der Waals surface area contributed by atoms with Gasteiger partial charge in [-0.05, 0) is 13.5 Å². The summed E-state index contributed by atoms with van der Waals surface area (Å²) < 4.78 is 0. The van der Waals surface area contributed by atoms with Gasteiger partial charge in [-0.3, -0.25) is 4.90 Å². The van der Waals surface area contributed by atoms with Crippen molar-refractivity contribution in [3.8, 4) is 0 Å². The molecule has 11 heavy (non-hydrogen) atoms. The second-order valence-corrected chi connectivity index (χ2v) is 4.24. The molecule has 66 valence electrons. The van der Waals surface area contributed by atoms with Crippen LogP contribution >= 0.6 is 15.9 Å². The predicted molar refractivity (Wildman–Crippen MR) is 52.1 cm³/mol. The molecule has 1 aliphatic heterocycles. The third-order valence-electron chi connectivity index (χ3n) is 2.27. The Labute approximate surface area is 77.7 Å². The van der Waals surface area contributed by atoms with E-state index < -0.39 is 0 Å². The van der Waals surface area contributed by atoms with Gasteiger partial charge in [0.25, 0.3) is 0 Å². The Hall–Kier alpha value is 0.400. The minimum atomic E-state index is 0.594. The van der Waals surface area contributed by atoms with Crippen LogP contribution < -0.4 is 0 Å². The van der Waals surface area contributed by atoms with Gasteiger partial charge >= 0.3 is 0 Å². The zero-order valence-electron chi connectivity index (χ0n) is 7.39. The molecular formula is C8H17BrN2. The van der Waals surface area contributed by atoms with Crippen molar-refractivity contribution >= 4 is 15.9 Å². The number of likely N-dealkylation sites (N-methyl/N-ethyl adjacent to an activating group) is 1. The molecule has 0 aromatic rings. The van der Waals surface area contributed by atoms with Crippen molar-refractivity contribution in [2.45, 2.75) is 18.3 Å². The molecule has 0 saturated carbocycles. The Kier molecular flexibility index (Phi) is 3.82. The van der Waals surface area contributed by atoms with Crippen LogP contribution in [-0.2, 0) is 0 Å². The van der Waals surface area contributed by atoms with E-state index in [4.69, 9.17) is 0 Å². The molecule has 0 N–H and O–H groups in total. The molecule has 1 unspecified atom stereocenters. The maximum atomic E-state index is 3.67. The first-order valence-corrected chi connectivity index (χ1v) is 5.22. The van der Waals surface area contributed by atoms with Crippen molar-refractivity contribution in [3.05, 3.63) is 0 Å². The lowest BCUT2D eigenvalue weighted by atomic mass is 10.3. The molecule has 1 heterocycles. The Morgan fingerprint density at radius 2 is 1.82 bits per heavy atom. The van der Waals surface area contributed by atoms with Crippen LogP contribution in [0.5, 0.6) is 0 Å². The van der Waals surface area contributed by atoms with E-state index in [9.17, 15) is 0 Å². The zero-order chi connectivity index (χ0) is 8.27. The van der Waals surface area contributed by atoms with Crippen molar-refractivity contribution in [3.63, 3.8) is 0 Å². The van der Waals surface area contributed by atoms with Crippen LogP contribution in [0.1, 0.15) is 13.3 Å². The number of halogens is 1. The molecule has 0 aromatic carbocycles. The van der Waals surface area contributed by atoms with Gasteiger partial charge in [0.15, 0.2) is 0 Å². The molecule has 2 nitrogen and oxygen atoms in total. The fraction of sp³-hybridized carbons (Fsp3) is 1.00. The third-order valence-corrected chi connectivity index (χ3v) is 3.50. The van der Waals surface area contributed by atoms with Crippen LogP contribution in [0.25, 0.3) is 0 Å². The number of hydrogen-bond acceptors (Lipinski definition) is 2. The lowest BCUT2D eigenvalue weighted by Crippen LogP contribution is -2.47. The summed E-state index contributed by atoms with van der Waals surface area (Å²) in [5.41, 5.74) is 0. The van der Waals surface area contributed by atoms with Crippen LogP contribution in [0, 0.1) is 0 Å². The highest BCUT2D eigenvalue weighted by atomic mass is 79.9. The molecule has 1 atom stereocenters. The third kappa shape index (κ3) is 2.73. The topological polar surface area (TPSA) is 6.48 Å². The van der Waals surface area contributed by atoms with Gasteiger partial charge in [0.05, 0.1) is 4.95 Å². The smallest absolute Gasteiger partial charge is 0.0653 e. The van der Waals surface area contributed by atoms with Gasteiger partial charge in [0.1, 0.15) is 0 Å². The van der Waals surface area contributed by atoms with Gasteiger partial charge < -0.3 is 4.90 Å². The zero-order valence-corrected chi connectivity index (χ0v) is 8.97. The monoisotopic (exact) mass is 220 g/mol. The molecule has 0 aromatic heterocycles. The van der Waals surface area contributed by atoms with Crippen molar-refractivity contribution < 1.29 is 0 Å². The molecule has 1 saturated heterocycles. The molecular weight excluding hydrogens is 204 g/mol. The van der Waals surface area contributed by atoms with Gasteiger partial charge in [-0.25, -0.2) is 0 Å². The summed E-state index contributed by atoms with van der Waals surface area (Å²) in [5.74, 6) is 0. The molecule has 0 bridgehead atoms. The van der Waals surface area contributed by atoms with Gasteiger partial charge in [-0.15, -0.1) is 0 Å². The lowest BCUT2D eigenvalue weighted by Gasteiger charge is -2.35. The molecule has 0 spiro atoms. The summed E-state index contributed by atoms with van der Waals surface area (Å²) >= 11 is 3.67. The second-order valence-electron chi connectivity index (χ2n) is 3.18. The van der Waals surface area contributed by atoms with E-state index in [0.717, 1.165) is 0 Å². The van der Waals surface area contributed by atoms with Gasteiger partial charge in [0.2, 0.25) is 0 Å². The van der Waals surface area contributed by atoms with E-state index in [1.54, 1.807) is 0 Å². The Morgan fingerprint density at radius 1 is 1.27 bits per heavy atom. The van der Waals surface area contributed by atoms with Crippen LogP contribution in [0.2, 0.25) is 0 Å². The highest BCUT2D eigenvalue weighted by molar-refractivity contribution is 9.09. The maximum absolute atomic E-state index is 3.67. The number of hydrogen-bond donors (Lipinski definition) is 0. The average molecular weight is 221 g/mol. The fourth-order valence-corrected chi connectivity index (χ4v) is 1.77. The van der Waals surface area contributed by atoms with E-state index in [2.05, 4.69) is 39.7 Å². The van der Waals surface area contributed by atoms with Crippen LogP contribution in [0.3, 0.4) is 0 Å². The van der Waals surface area contributed by atoms with Crippen molar-refractivity contribution in [1.82, 2.24) is 9.80 Å². The van der Waals surface area contributed by atoms with E-state index in [1.807, 2.05) is 0 Å². The quantitative estimate of drug-likeness (QED) is 0.513. The van der Waals surface area contributed by atoms with Crippen molar-refractivity contribution in [2.75, 3.05) is 33.2 Å². The Bertz CT molecular complexity index is 111. The van der Waals surface area contributed by atoms with E-state index >= 15 is 0 Å². The number of nitrogens with zero attached hydrogens (tertiary/aromatic N) is 2. The molecule has 1 rings (SSSR count). The summed E-state index contributed by atoms with van der Waals surface area (Å²) in [5, 5.41) is 0. The maximum Gasteiger partial charge on any atom is 0.0653 e. The molecule has 3 heteroatoms. The second kappa shape index (κ2) is 4.43. The normalized spacial score (nSPS) is 25.4. The molecule has 1 fully saturated rings. The number of alkyl halides is 1. The molecule has 0 radical (unpaired) electrons. The Morgan fingerprint density at radius 3 is 2.27 bits per heavy atom. The summed E-state index contributed by atoms with van der Waals surface area (Å²) in [6.07, 6.45) is 1.20. The minimum Gasteiger partial charge on any atom is -0.304 e. The van der Waals surface area contributed by atoms with Gasteiger partial charge in [0, 0.05) is 26.2 Å². The first-order valence-electron chi connectivity index (χ1n) is 4.30. The minimum absolute atomic E-state index is 0.594. The van der Waals surface area contributed by atoms with Crippen LogP contribution in [0.15, 0.2) is 0 Å². The van der Waals surface area contributed by atoms with Gasteiger partial charge in [-0.1, -0.05) is 22.9 Å². The highest BCUT2D eigenvalue weighted by Gasteiger charge is 2.18. The molecule has 1 aliphatic rings. The standard InChI is InChI=1S/C8H17BrN2/c1-3-8(9)11-6-4-10(2)5-7-11/h8H,3-7H2,1-2H3. The predicted octanol–water partition coefficient (Wildman–Crippen LogP) is 1.36. The molecule has 0 amide bonds. The van der Waals surface area contributed by atoms with Crippen LogP contribution in [0.4, 0.5) is 0 Å². The summed E-state index contributed by atoms with van der Waals surface area (Å²) in [4.78, 5) is 5.47. The first-order chi connectivity index (χ1) is 5.24. The summed E-state index contributed by atoms with van der Waals surface area (Å²) in [7, 11) is 2.19. The van der Waals surface area contributed by atoms with Gasteiger partial charge in [-0.2, -0.15) is 0 Å². The van der Waals surface area contributed by atoms with E-state index in [1.165, 1.54) is 32.6 Å². The average Bonchev–Trinajstić information content (AvgIpc) is 2.05. The largest absolute Gasteiger partial charge is 0.304 e. The first kappa shape index (κ1) is 9.49. The summed E-state index contributed by atoms with van der Waals surface area (Å²) in [6.45, 7) is 7.06.